The molecule has 0 atom stereocenters. The molecule has 0 aromatic rings. The Morgan fingerprint density at radius 3 is 1.81 bits per heavy atom. The molecule has 0 saturated carbocycles. The van der Waals surface area contributed by atoms with Crippen molar-refractivity contribution in [1.82, 2.24) is 0 Å². The van der Waals surface area contributed by atoms with E-state index in [2.05, 4.69) is 24.5 Å². The van der Waals surface area contributed by atoms with E-state index < -0.39 is 5.97 Å². The summed E-state index contributed by atoms with van der Waals surface area (Å²) in [6, 6.07) is 1.69. The highest BCUT2D eigenvalue weighted by molar-refractivity contribution is 5.81. The summed E-state index contributed by atoms with van der Waals surface area (Å²) in [5.41, 5.74) is 0. The second-order valence-electron chi connectivity index (χ2n) is 1.83. The lowest BCUT2D eigenvalue weighted by Gasteiger charge is -1.90. The fraction of sp³-hybridized carbons (Fsp3) is 0.182. The number of carboxylic acids is 1. The zero-order valence-electron chi connectivity index (χ0n) is 9.18. The molecule has 5 heteroatoms. The maximum Gasteiger partial charge on any atom is 0.330 e. The summed E-state index contributed by atoms with van der Waals surface area (Å²) in [7, 11) is 0. The molecule has 0 fully saturated rings. The molecule has 5 nitrogen and oxygen atoms in total. The fourth-order valence-electron chi connectivity index (χ4n) is 0.201. The highest BCUT2D eigenvalue weighted by Crippen LogP contribution is 1.74. The van der Waals surface area contributed by atoms with Crippen LogP contribution in [0.3, 0.4) is 0 Å². The van der Waals surface area contributed by atoms with Crippen molar-refractivity contribution in [2.75, 3.05) is 6.61 Å². The maximum absolute atomic E-state index is 10.1. The van der Waals surface area contributed by atoms with E-state index in [0.717, 1.165) is 12.2 Å². The van der Waals surface area contributed by atoms with E-state index >= 15 is 0 Å². The first-order valence-corrected chi connectivity index (χ1v) is 4.15. The first kappa shape index (κ1) is 19.3. The highest BCUT2D eigenvalue weighted by Gasteiger charge is 1.86. The second-order valence-corrected chi connectivity index (χ2v) is 1.83. The van der Waals surface area contributed by atoms with E-state index in [1.54, 1.807) is 13.0 Å². The molecule has 0 radical (unpaired) electrons. The molecule has 1 N–H and O–H groups in total. The largest absolute Gasteiger partial charge is 0.478 e. The van der Waals surface area contributed by atoms with Gasteiger partial charge in [0, 0.05) is 18.2 Å². The van der Waals surface area contributed by atoms with Gasteiger partial charge in [0.05, 0.1) is 12.7 Å². The Hall–Kier alpha value is -2.35. The standard InChI is InChI=1S/C5H8O2.C3H3N.C3H4O2/c1-3-5(6)7-4-2;1-2-3-4;1-2-3(4)5/h3H,1,4H2,2H3;2H,1H2;2H,1H2,(H,4,5). The first-order valence-electron chi connectivity index (χ1n) is 4.15. The van der Waals surface area contributed by atoms with Gasteiger partial charge in [-0.3, -0.25) is 0 Å². The predicted octanol–water partition coefficient (Wildman–Crippen LogP) is 1.69. The molecule has 0 unspecified atom stereocenters. The number of nitrogens with zero attached hydrogens (tertiary/aromatic N) is 1. The quantitative estimate of drug-likeness (QED) is 0.448. The van der Waals surface area contributed by atoms with E-state index in [0.29, 0.717) is 6.61 Å². The Morgan fingerprint density at radius 1 is 1.38 bits per heavy atom. The van der Waals surface area contributed by atoms with Crippen LogP contribution in [-0.4, -0.2) is 23.7 Å². The van der Waals surface area contributed by atoms with Crippen LogP contribution in [0.25, 0.3) is 0 Å². The summed E-state index contributed by atoms with van der Waals surface area (Å²) < 4.78 is 4.43. The van der Waals surface area contributed by atoms with Gasteiger partial charge in [-0.2, -0.15) is 5.26 Å². The van der Waals surface area contributed by atoms with Crippen LogP contribution in [0.15, 0.2) is 38.0 Å². The number of aliphatic carboxylic acids is 1. The molecule has 0 spiro atoms. The molecule has 0 saturated heterocycles. The van der Waals surface area contributed by atoms with Gasteiger partial charge in [-0.05, 0) is 6.92 Å². The lowest BCUT2D eigenvalue weighted by Crippen LogP contribution is -1.97. The monoisotopic (exact) mass is 225 g/mol. The third kappa shape index (κ3) is 41.4. The number of rotatable bonds is 3. The summed E-state index contributed by atoms with van der Waals surface area (Å²) in [5, 5.41) is 15.1. The van der Waals surface area contributed by atoms with Crippen molar-refractivity contribution in [3.05, 3.63) is 38.0 Å². The van der Waals surface area contributed by atoms with Crippen LogP contribution in [0.1, 0.15) is 6.92 Å². The molecule has 0 aromatic carbocycles. The van der Waals surface area contributed by atoms with Gasteiger partial charge in [0.15, 0.2) is 0 Å². The number of ether oxygens (including phenoxy) is 1. The minimum atomic E-state index is -0.981. The summed E-state index contributed by atoms with van der Waals surface area (Å²) in [6.45, 7) is 11.5. The lowest BCUT2D eigenvalue weighted by atomic mass is 10.6. The van der Waals surface area contributed by atoms with Crippen LogP contribution in [0.4, 0.5) is 0 Å². The van der Waals surface area contributed by atoms with Gasteiger partial charge in [0.2, 0.25) is 0 Å². The number of hydrogen-bond donors (Lipinski definition) is 1. The van der Waals surface area contributed by atoms with Crippen LogP contribution in [0.5, 0.6) is 0 Å². The SMILES string of the molecule is C=CC#N.C=CC(=O)O.C=CC(=O)OCC. The van der Waals surface area contributed by atoms with Crippen molar-refractivity contribution in [2.45, 2.75) is 6.92 Å². The third-order valence-electron chi connectivity index (χ3n) is 0.719. The van der Waals surface area contributed by atoms with Crippen molar-refractivity contribution in [2.24, 2.45) is 0 Å². The molecule has 16 heavy (non-hydrogen) atoms. The van der Waals surface area contributed by atoms with Crippen molar-refractivity contribution < 1.29 is 19.4 Å². The van der Waals surface area contributed by atoms with E-state index in [4.69, 9.17) is 10.4 Å². The smallest absolute Gasteiger partial charge is 0.330 e. The number of hydrogen-bond acceptors (Lipinski definition) is 4. The summed E-state index contributed by atoms with van der Waals surface area (Å²) in [4.78, 5) is 19.3. The molecule has 0 heterocycles. The number of nitriles is 1. The number of carbonyl (C=O) groups excluding carboxylic acids is 1. The lowest BCUT2D eigenvalue weighted by molar-refractivity contribution is -0.137. The van der Waals surface area contributed by atoms with Gasteiger partial charge in [0.1, 0.15) is 0 Å². The van der Waals surface area contributed by atoms with Crippen molar-refractivity contribution in [3.8, 4) is 6.07 Å². The Balaban J connectivity index is -0.000000166. The molecule has 0 aromatic heterocycles. The summed E-state index contributed by atoms with van der Waals surface area (Å²) >= 11 is 0. The number of carbonyl (C=O) groups is 2. The molecule has 0 bridgehead atoms. The van der Waals surface area contributed by atoms with Gasteiger partial charge >= 0.3 is 11.9 Å². The van der Waals surface area contributed by atoms with E-state index in [9.17, 15) is 9.59 Å². The van der Waals surface area contributed by atoms with Gasteiger partial charge in [-0.25, -0.2) is 9.59 Å². The van der Waals surface area contributed by atoms with Crippen LogP contribution >= 0.6 is 0 Å². The van der Waals surface area contributed by atoms with Crippen LogP contribution in [0, 0.1) is 11.3 Å². The first-order chi connectivity index (χ1) is 7.49. The topological polar surface area (TPSA) is 87.4 Å². The van der Waals surface area contributed by atoms with Gasteiger partial charge in [-0.1, -0.05) is 19.7 Å². The minimum absolute atomic E-state index is 0.359. The average molecular weight is 225 g/mol. The fourth-order valence-corrected chi connectivity index (χ4v) is 0.201. The molecule has 0 aliphatic carbocycles. The van der Waals surface area contributed by atoms with Crippen molar-refractivity contribution in [1.29, 1.82) is 5.26 Å². The molecular weight excluding hydrogens is 210 g/mol. The van der Waals surface area contributed by atoms with E-state index in [1.807, 2.05) is 0 Å². The van der Waals surface area contributed by atoms with Crippen LogP contribution in [0.2, 0.25) is 0 Å². The molecule has 0 rings (SSSR count). The molecule has 88 valence electrons. The second kappa shape index (κ2) is 18.4. The number of carboxylic acid groups (broad SMARTS) is 1. The van der Waals surface area contributed by atoms with Crippen LogP contribution in [-0.2, 0) is 14.3 Å². The highest BCUT2D eigenvalue weighted by atomic mass is 16.5. The summed E-state index contributed by atoms with van der Waals surface area (Å²) in [5.74, 6) is -1.34. The molecule has 0 amide bonds. The molecule has 0 aliphatic heterocycles. The normalized spacial score (nSPS) is 6.25. The van der Waals surface area contributed by atoms with E-state index in [1.165, 1.54) is 6.08 Å². The van der Waals surface area contributed by atoms with Gasteiger partial charge < -0.3 is 9.84 Å². The third-order valence-corrected chi connectivity index (χ3v) is 0.719. The van der Waals surface area contributed by atoms with Crippen molar-refractivity contribution >= 4 is 11.9 Å². The van der Waals surface area contributed by atoms with E-state index in [-0.39, 0.29) is 5.97 Å². The number of esters is 1. The molecule has 0 aliphatic rings. The Labute approximate surface area is 95.0 Å². The minimum Gasteiger partial charge on any atom is -0.478 e. The summed E-state index contributed by atoms with van der Waals surface area (Å²) in [6.07, 6.45) is 3.16. The number of allylic oxidation sites excluding steroid dienone is 1. The molecular formula is C11H15NO4. The van der Waals surface area contributed by atoms with Gasteiger partial charge in [-0.15, -0.1) is 0 Å². The predicted molar refractivity (Wildman–Crippen MR) is 60.5 cm³/mol. The Kier molecular flexibility index (Phi) is 22.2. The zero-order chi connectivity index (χ0) is 13.4. The Morgan fingerprint density at radius 2 is 1.75 bits per heavy atom. The Bertz CT molecular complexity index is 276. The van der Waals surface area contributed by atoms with Crippen LogP contribution < -0.4 is 0 Å². The van der Waals surface area contributed by atoms with Gasteiger partial charge in [0.25, 0.3) is 0 Å². The maximum atomic E-state index is 10.1. The van der Waals surface area contributed by atoms with Crippen molar-refractivity contribution in [3.63, 3.8) is 0 Å². The average Bonchev–Trinajstić information content (AvgIpc) is 2.30. The zero-order valence-corrected chi connectivity index (χ0v) is 9.18.